The zero-order chi connectivity index (χ0) is 18.5. The molecule has 0 atom stereocenters. The Bertz CT molecular complexity index is 884. The summed E-state index contributed by atoms with van der Waals surface area (Å²) < 4.78 is 4.38. The van der Waals surface area contributed by atoms with Crippen LogP contribution in [0.15, 0.2) is 115 Å². The molecule has 0 radical (unpaired) electrons. The fourth-order valence-electron chi connectivity index (χ4n) is 3.63. The van der Waals surface area contributed by atoms with Gasteiger partial charge in [0.15, 0.2) is 0 Å². The van der Waals surface area contributed by atoms with Gasteiger partial charge >= 0.3 is 169 Å². The molecule has 4 aromatic carbocycles. The molecule has 0 aromatic heterocycles. The van der Waals surface area contributed by atoms with E-state index < -0.39 is 13.6 Å². The van der Waals surface area contributed by atoms with Crippen molar-refractivity contribution in [3.05, 3.63) is 126 Å². The number of hydrogen-bond donors (Lipinski definition) is 0. The van der Waals surface area contributed by atoms with E-state index in [0.29, 0.717) is 0 Å². The van der Waals surface area contributed by atoms with Crippen molar-refractivity contribution in [3.8, 4) is 0 Å². The van der Waals surface area contributed by atoms with Gasteiger partial charge in [-0.1, -0.05) is 0 Å². The van der Waals surface area contributed by atoms with Crippen molar-refractivity contribution in [1.82, 2.24) is 0 Å². The summed E-state index contributed by atoms with van der Waals surface area (Å²) in [7, 11) is 0. The average molecular weight is 432 g/mol. The van der Waals surface area contributed by atoms with E-state index in [9.17, 15) is 0 Å². The first-order valence-electron chi connectivity index (χ1n) is 9.08. The quantitative estimate of drug-likeness (QED) is 0.405. The van der Waals surface area contributed by atoms with Gasteiger partial charge in [0, 0.05) is 0 Å². The number of halogens is 1. The molecule has 0 bridgehead atoms. The zero-order valence-corrected chi connectivity index (χ0v) is 17.6. The monoisotopic (exact) mass is 431 g/mol. The van der Waals surface area contributed by atoms with Crippen LogP contribution in [0.25, 0.3) is 0 Å². The van der Waals surface area contributed by atoms with Gasteiger partial charge in [-0.25, -0.2) is 0 Å². The maximum absolute atomic E-state index is 6.15. The van der Waals surface area contributed by atoms with E-state index in [4.69, 9.17) is 11.6 Å². The third kappa shape index (κ3) is 3.74. The van der Waals surface area contributed by atoms with Crippen LogP contribution in [0.3, 0.4) is 0 Å². The molecule has 4 rings (SSSR count). The molecule has 0 spiro atoms. The normalized spacial score (nSPS) is 11.3. The number of rotatable bonds is 5. The summed E-state index contributed by atoms with van der Waals surface area (Å²) in [4.78, 5) is 0. The first kappa shape index (κ1) is 18.1. The Hall–Kier alpha value is -2.27. The van der Waals surface area contributed by atoms with E-state index in [1.807, 2.05) is 12.1 Å². The minimum absolute atomic E-state index is 0.786. The zero-order valence-electron chi connectivity index (χ0n) is 15.0. The Morgan fingerprint density at radius 3 is 1.22 bits per heavy atom. The summed E-state index contributed by atoms with van der Waals surface area (Å²) in [6.07, 6.45) is 0. The summed E-state index contributed by atoms with van der Waals surface area (Å²) in [6, 6.07) is 41.5. The van der Waals surface area contributed by atoms with Crippen molar-refractivity contribution < 1.29 is 0 Å². The van der Waals surface area contributed by atoms with E-state index in [-0.39, 0.29) is 0 Å². The standard InChI is InChI=1S/C25H21AsCl/c27-25-18-16-21(17-19-25)20-26(22-10-4-1-5-11-22,23-12-6-2-7-13-23)24-14-8-3-9-15-24/h1-19H,20H2/q+1. The van der Waals surface area contributed by atoms with Crippen molar-refractivity contribution in [3.63, 3.8) is 0 Å². The first-order chi connectivity index (χ1) is 13.3. The molecule has 132 valence electrons. The van der Waals surface area contributed by atoms with Crippen LogP contribution in [0.5, 0.6) is 0 Å². The Balaban J connectivity index is 1.98. The van der Waals surface area contributed by atoms with Crippen LogP contribution in [0.1, 0.15) is 5.56 Å². The summed E-state index contributed by atoms with van der Waals surface area (Å²) >= 11 is 3.46. The second-order valence-corrected chi connectivity index (χ2v) is 14.3. The fourth-order valence-corrected chi connectivity index (χ4v) is 12.7. The van der Waals surface area contributed by atoms with Crippen LogP contribution < -0.4 is 13.1 Å². The predicted molar refractivity (Wildman–Crippen MR) is 119 cm³/mol. The summed E-state index contributed by atoms with van der Waals surface area (Å²) in [5.74, 6) is 0. The van der Waals surface area contributed by atoms with E-state index in [1.165, 1.54) is 18.6 Å². The molecule has 0 aliphatic heterocycles. The van der Waals surface area contributed by atoms with E-state index >= 15 is 0 Å². The van der Waals surface area contributed by atoms with Gasteiger partial charge in [-0.2, -0.15) is 0 Å². The molecule has 0 saturated carbocycles. The SMILES string of the molecule is Clc1ccc(C[As+](c2ccccc2)(c2ccccc2)c2ccccc2)cc1. The van der Waals surface area contributed by atoms with Crippen molar-refractivity contribution >= 4 is 38.2 Å². The van der Waals surface area contributed by atoms with Gasteiger partial charge in [0.05, 0.1) is 0 Å². The molecule has 0 heterocycles. The van der Waals surface area contributed by atoms with Crippen LogP contribution in [0, 0.1) is 0 Å². The number of benzene rings is 4. The molecule has 0 saturated heterocycles. The third-order valence-corrected chi connectivity index (χ3v) is 14.4. The van der Waals surface area contributed by atoms with Crippen molar-refractivity contribution in [1.29, 1.82) is 0 Å². The van der Waals surface area contributed by atoms with Crippen LogP contribution >= 0.6 is 11.6 Å². The molecule has 0 aliphatic carbocycles. The Labute approximate surface area is 168 Å². The summed E-state index contributed by atoms with van der Waals surface area (Å²) in [5.41, 5.74) is 1.34. The second-order valence-electron chi connectivity index (χ2n) is 6.60. The van der Waals surface area contributed by atoms with Crippen molar-refractivity contribution in [2.45, 2.75) is 5.21 Å². The molecule has 4 aromatic rings. The molecule has 2 heteroatoms. The van der Waals surface area contributed by atoms with Gasteiger partial charge in [-0.15, -0.1) is 0 Å². The van der Waals surface area contributed by atoms with E-state index in [0.717, 1.165) is 10.2 Å². The molecule has 0 fully saturated rings. The second kappa shape index (κ2) is 8.17. The average Bonchev–Trinajstić information content (AvgIpc) is 2.75. The molecule has 0 amide bonds. The summed E-state index contributed by atoms with van der Waals surface area (Å²) in [6.45, 7) is 0. The third-order valence-electron chi connectivity index (χ3n) is 4.92. The molecule has 0 nitrogen and oxygen atoms in total. The molecular formula is C25H21AsCl+. The van der Waals surface area contributed by atoms with Crippen LogP contribution in [0.4, 0.5) is 0 Å². The van der Waals surface area contributed by atoms with Crippen molar-refractivity contribution in [2.75, 3.05) is 0 Å². The van der Waals surface area contributed by atoms with Crippen LogP contribution in [-0.4, -0.2) is 13.6 Å². The van der Waals surface area contributed by atoms with E-state index in [2.05, 4.69) is 103 Å². The van der Waals surface area contributed by atoms with Gasteiger partial charge in [-0.05, 0) is 0 Å². The van der Waals surface area contributed by atoms with Gasteiger partial charge < -0.3 is 0 Å². The number of hydrogen-bond acceptors (Lipinski definition) is 0. The van der Waals surface area contributed by atoms with Gasteiger partial charge in [0.2, 0.25) is 0 Å². The predicted octanol–water partition coefficient (Wildman–Crippen LogP) is 4.59. The fraction of sp³-hybridized carbons (Fsp3) is 0.0400. The minimum atomic E-state index is -2.69. The van der Waals surface area contributed by atoms with E-state index in [1.54, 1.807) is 0 Å². The van der Waals surface area contributed by atoms with Gasteiger partial charge in [-0.3, -0.25) is 0 Å². The van der Waals surface area contributed by atoms with Crippen molar-refractivity contribution in [2.24, 2.45) is 0 Å². The molecule has 27 heavy (non-hydrogen) atoms. The molecule has 0 unspecified atom stereocenters. The van der Waals surface area contributed by atoms with Crippen LogP contribution in [0.2, 0.25) is 5.02 Å². The van der Waals surface area contributed by atoms with Crippen LogP contribution in [-0.2, 0) is 5.21 Å². The molecular weight excluding hydrogens is 411 g/mol. The first-order valence-corrected chi connectivity index (χ1v) is 13.6. The Morgan fingerprint density at radius 1 is 0.481 bits per heavy atom. The molecule has 0 N–H and O–H groups in total. The Kier molecular flexibility index (Phi) is 5.48. The Morgan fingerprint density at radius 2 is 0.852 bits per heavy atom. The maximum atomic E-state index is 6.15. The topological polar surface area (TPSA) is 0 Å². The summed E-state index contributed by atoms with van der Waals surface area (Å²) in [5, 5.41) is 1.82. The molecule has 0 aliphatic rings. The van der Waals surface area contributed by atoms with Gasteiger partial charge in [0.25, 0.3) is 0 Å². The van der Waals surface area contributed by atoms with Gasteiger partial charge in [0.1, 0.15) is 0 Å².